The Bertz CT molecular complexity index is 1140. The molecular formula is C26H27NO2SSe. The van der Waals surface area contributed by atoms with Crippen LogP contribution in [-0.4, -0.2) is 28.0 Å². The van der Waals surface area contributed by atoms with Crippen LogP contribution in [0.1, 0.15) is 37.3 Å². The molecule has 0 aromatic heterocycles. The Morgan fingerprint density at radius 3 is 2.13 bits per heavy atom. The van der Waals surface area contributed by atoms with Crippen molar-refractivity contribution in [1.82, 2.24) is 0 Å². The Morgan fingerprint density at radius 1 is 0.903 bits per heavy atom. The summed E-state index contributed by atoms with van der Waals surface area (Å²) in [6.07, 6.45) is 4.89. The fraction of sp³-hybridized carbons (Fsp3) is 0.192. The number of hydrogen-bond acceptors (Lipinski definition) is 2. The van der Waals surface area contributed by atoms with Crippen LogP contribution in [0.4, 0.5) is 0 Å². The summed E-state index contributed by atoms with van der Waals surface area (Å²) < 4.78 is 32.5. The maximum absolute atomic E-state index is 13.2. The molecule has 3 nitrogen and oxygen atoms in total. The van der Waals surface area contributed by atoms with E-state index in [1.54, 1.807) is 12.1 Å². The predicted molar refractivity (Wildman–Crippen MR) is 132 cm³/mol. The molecule has 3 rings (SSSR count). The van der Waals surface area contributed by atoms with E-state index in [2.05, 4.69) is 17.4 Å². The average Bonchev–Trinajstić information content (AvgIpc) is 2.78. The molecule has 31 heavy (non-hydrogen) atoms. The Balaban J connectivity index is 2.09. The van der Waals surface area contributed by atoms with Gasteiger partial charge in [0.1, 0.15) is 0 Å². The number of sulfonamides is 1. The Labute approximate surface area is 192 Å². The molecule has 0 spiro atoms. The second-order valence-corrected chi connectivity index (χ2v) is 11.1. The third kappa shape index (κ3) is 7.03. The van der Waals surface area contributed by atoms with Crippen LogP contribution in [0.3, 0.4) is 0 Å². The molecule has 0 aliphatic heterocycles. The van der Waals surface area contributed by atoms with Crippen LogP contribution in [0.2, 0.25) is 0 Å². The number of hydrogen-bond donors (Lipinski definition) is 0. The van der Waals surface area contributed by atoms with Crippen LogP contribution in [0, 0.1) is 6.92 Å². The fourth-order valence-corrected chi connectivity index (χ4v) is 6.48. The summed E-state index contributed by atoms with van der Waals surface area (Å²) in [4.78, 5) is 0.231. The van der Waals surface area contributed by atoms with Gasteiger partial charge in [-0.25, -0.2) is 0 Å². The molecule has 0 bridgehead atoms. The summed E-state index contributed by atoms with van der Waals surface area (Å²) in [7, 11) is -3.80. The van der Waals surface area contributed by atoms with Crippen molar-refractivity contribution in [2.24, 2.45) is 4.40 Å². The maximum atomic E-state index is 13.2. The van der Waals surface area contributed by atoms with E-state index in [4.69, 9.17) is 0 Å². The van der Waals surface area contributed by atoms with Crippen molar-refractivity contribution >= 4 is 40.1 Å². The molecule has 0 radical (unpaired) electrons. The van der Waals surface area contributed by atoms with Gasteiger partial charge in [-0.2, -0.15) is 0 Å². The van der Waals surface area contributed by atoms with E-state index in [9.17, 15) is 8.42 Å². The summed E-state index contributed by atoms with van der Waals surface area (Å²) >= 11 is -0.229. The molecule has 0 atom stereocenters. The zero-order chi connectivity index (χ0) is 22.1. The normalized spacial score (nSPS) is 12.7. The summed E-state index contributed by atoms with van der Waals surface area (Å²) in [5, 5.41) is 0. The first kappa shape index (κ1) is 23.2. The fourth-order valence-electron chi connectivity index (χ4n) is 2.97. The second kappa shape index (κ2) is 11.2. The topological polar surface area (TPSA) is 46.5 Å². The molecule has 0 unspecified atom stereocenters. The average molecular weight is 497 g/mol. The summed E-state index contributed by atoms with van der Waals surface area (Å²) in [5.74, 6) is 0. The molecule has 160 valence electrons. The van der Waals surface area contributed by atoms with E-state index < -0.39 is 10.0 Å². The standard InChI is InChI=1S/C26H27NO2SSe/c1-3-4-13-23(20-22-11-7-5-8-12-22)26(31-25-14-9-6-10-15-25)27-30(28,29)24-18-16-21(2)17-19-24/h5-12,14-20H,3-4,13H2,1-2H3/b23-20+,27-26+. The monoisotopic (exact) mass is 497 g/mol. The van der Waals surface area contributed by atoms with Crippen LogP contribution in [0.25, 0.3) is 6.08 Å². The second-order valence-electron chi connectivity index (χ2n) is 7.28. The number of unbranched alkanes of at least 4 members (excludes halogenated alkanes) is 1. The van der Waals surface area contributed by atoms with E-state index in [-0.39, 0.29) is 19.9 Å². The van der Waals surface area contributed by atoms with Crippen LogP contribution in [0.15, 0.2) is 99.8 Å². The minimum atomic E-state index is -3.80. The summed E-state index contributed by atoms with van der Waals surface area (Å²) in [5.41, 5.74) is 3.06. The van der Waals surface area contributed by atoms with Crippen LogP contribution < -0.4 is 4.46 Å². The van der Waals surface area contributed by atoms with Crippen molar-refractivity contribution in [1.29, 1.82) is 0 Å². The molecule has 0 saturated carbocycles. The first-order valence-electron chi connectivity index (χ1n) is 10.4. The van der Waals surface area contributed by atoms with Gasteiger partial charge in [0, 0.05) is 0 Å². The van der Waals surface area contributed by atoms with E-state index in [1.165, 1.54) is 0 Å². The van der Waals surface area contributed by atoms with Gasteiger partial charge in [0.05, 0.1) is 0 Å². The first-order valence-corrected chi connectivity index (χ1v) is 13.5. The molecule has 3 aromatic carbocycles. The van der Waals surface area contributed by atoms with Crippen LogP contribution in [0.5, 0.6) is 0 Å². The molecular weight excluding hydrogens is 469 g/mol. The number of rotatable bonds is 9. The van der Waals surface area contributed by atoms with E-state index in [0.717, 1.165) is 40.4 Å². The van der Waals surface area contributed by atoms with Gasteiger partial charge < -0.3 is 0 Å². The van der Waals surface area contributed by atoms with E-state index in [0.29, 0.717) is 4.61 Å². The Hall–Kier alpha value is -2.46. The predicted octanol–water partition coefficient (Wildman–Crippen LogP) is 5.39. The SMILES string of the molecule is CCCCC(=C\c1ccccc1)/C(=N\S(=O)(=O)c1ccc(C)cc1)[Se]c1ccccc1. The zero-order valence-corrected chi connectivity index (χ0v) is 20.4. The minimum absolute atomic E-state index is 0.229. The Kier molecular flexibility index (Phi) is 8.42. The van der Waals surface area contributed by atoms with Crippen molar-refractivity contribution in [3.05, 3.63) is 102 Å². The number of benzene rings is 3. The van der Waals surface area contributed by atoms with Crippen LogP contribution >= 0.6 is 0 Å². The number of aryl methyl sites for hydroxylation is 1. The number of nitrogens with zero attached hydrogens (tertiary/aromatic N) is 1. The first-order chi connectivity index (χ1) is 15.0. The van der Waals surface area contributed by atoms with E-state index >= 15 is 0 Å². The quantitative estimate of drug-likeness (QED) is 0.295. The third-order valence-electron chi connectivity index (χ3n) is 4.69. The van der Waals surface area contributed by atoms with Gasteiger partial charge in [-0.1, -0.05) is 0 Å². The molecule has 0 amide bonds. The molecule has 0 fully saturated rings. The van der Waals surface area contributed by atoms with Gasteiger partial charge in [-0.15, -0.1) is 0 Å². The van der Waals surface area contributed by atoms with Crippen LogP contribution in [-0.2, 0) is 10.0 Å². The van der Waals surface area contributed by atoms with Gasteiger partial charge in [-0.05, 0) is 0 Å². The third-order valence-corrected chi connectivity index (χ3v) is 8.46. The van der Waals surface area contributed by atoms with Crippen molar-refractivity contribution in [2.45, 2.75) is 38.0 Å². The summed E-state index contributed by atoms with van der Waals surface area (Å²) in [6, 6.07) is 26.9. The van der Waals surface area contributed by atoms with Gasteiger partial charge in [0.25, 0.3) is 0 Å². The molecule has 0 aliphatic rings. The van der Waals surface area contributed by atoms with E-state index in [1.807, 2.05) is 79.7 Å². The zero-order valence-electron chi connectivity index (χ0n) is 17.9. The molecule has 0 heterocycles. The molecule has 0 aliphatic carbocycles. The van der Waals surface area contributed by atoms with Crippen molar-refractivity contribution < 1.29 is 8.42 Å². The molecule has 5 heteroatoms. The number of allylic oxidation sites excluding steroid dienone is 1. The van der Waals surface area contributed by atoms with Gasteiger partial charge in [0.15, 0.2) is 0 Å². The van der Waals surface area contributed by atoms with Crippen molar-refractivity contribution in [3.63, 3.8) is 0 Å². The molecule has 0 N–H and O–H groups in total. The van der Waals surface area contributed by atoms with Gasteiger partial charge >= 0.3 is 193 Å². The Morgan fingerprint density at radius 2 is 1.52 bits per heavy atom. The summed E-state index contributed by atoms with van der Waals surface area (Å²) in [6.45, 7) is 4.08. The van der Waals surface area contributed by atoms with Crippen molar-refractivity contribution in [3.8, 4) is 0 Å². The molecule has 0 saturated heterocycles. The molecule has 3 aromatic rings. The van der Waals surface area contributed by atoms with Gasteiger partial charge in [-0.3, -0.25) is 0 Å². The van der Waals surface area contributed by atoms with Crippen molar-refractivity contribution in [2.75, 3.05) is 0 Å². The van der Waals surface area contributed by atoms with Gasteiger partial charge in [0.2, 0.25) is 0 Å².